The first-order valence-corrected chi connectivity index (χ1v) is 10.4. The molecular formula is C25H23FN2O3. The molecule has 0 spiro atoms. The monoisotopic (exact) mass is 418 g/mol. The topological polar surface area (TPSA) is 62.4 Å². The van der Waals surface area contributed by atoms with Crippen LogP contribution in [0.3, 0.4) is 0 Å². The van der Waals surface area contributed by atoms with Crippen molar-refractivity contribution in [2.45, 2.75) is 38.3 Å². The summed E-state index contributed by atoms with van der Waals surface area (Å²) in [5.41, 5.74) is 2.49. The quantitative estimate of drug-likeness (QED) is 0.670. The van der Waals surface area contributed by atoms with Gasteiger partial charge in [-0.1, -0.05) is 36.4 Å². The smallest absolute Gasteiger partial charge is 0.289 e. The lowest BCUT2D eigenvalue weighted by molar-refractivity contribution is -0.139. The van der Waals surface area contributed by atoms with E-state index in [-0.39, 0.29) is 23.8 Å². The van der Waals surface area contributed by atoms with Gasteiger partial charge < -0.3 is 14.6 Å². The number of carbonyl (C=O) groups is 2. The first kappa shape index (κ1) is 19.5. The number of halogens is 1. The lowest BCUT2D eigenvalue weighted by Gasteiger charge is -2.38. The van der Waals surface area contributed by atoms with Gasteiger partial charge in [0.15, 0.2) is 11.5 Å². The van der Waals surface area contributed by atoms with Crippen LogP contribution < -0.4 is 0 Å². The van der Waals surface area contributed by atoms with Gasteiger partial charge in [-0.2, -0.15) is 0 Å². The van der Waals surface area contributed by atoms with Crippen molar-refractivity contribution in [2.24, 2.45) is 0 Å². The molecule has 0 radical (unpaired) electrons. The fourth-order valence-electron chi connectivity index (χ4n) is 4.71. The van der Waals surface area contributed by atoms with Crippen molar-refractivity contribution in [2.75, 3.05) is 6.54 Å². The zero-order valence-corrected chi connectivity index (χ0v) is 17.4. The molecule has 5 rings (SSSR count). The maximum atomic E-state index is 14.9. The van der Waals surface area contributed by atoms with E-state index in [9.17, 15) is 14.0 Å². The number of H-pyrrole nitrogens is 1. The maximum absolute atomic E-state index is 14.9. The molecule has 1 atom stereocenters. The van der Waals surface area contributed by atoms with Crippen LogP contribution in [-0.4, -0.2) is 33.7 Å². The Bertz CT molecular complexity index is 1240. The Morgan fingerprint density at radius 3 is 2.68 bits per heavy atom. The van der Waals surface area contributed by atoms with Crippen molar-refractivity contribution in [3.05, 3.63) is 83.0 Å². The van der Waals surface area contributed by atoms with Gasteiger partial charge in [-0.25, -0.2) is 4.39 Å². The van der Waals surface area contributed by atoms with Gasteiger partial charge in [-0.05, 0) is 38.0 Å². The second-order valence-corrected chi connectivity index (χ2v) is 8.75. The third-order valence-electron chi connectivity index (χ3n) is 5.98. The molecule has 5 nitrogen and oxygen atoms in total. The van der Waals surface area contributed by atoms with Crippen LogP contribution in [0, 0.1) is 5.82 Å². The summed E-state index contributed by atoms with van der Waals surface area (Å²) in [5, 5.41) is 1.08. The molecule has 31 heavy (non-hydrogen) atoms. The number of ether oxygens (including phenoxy) is 1. The Balaban J connectivity index is 1.64. The van der Waals surface area contributed by atoms with Crippen molar-refractivity contribution >= 4 is 22.6 Å². The highest BCUT2D eigenvalue weighted by molar-refractivity contribution is 6.02. The number of amides is 1. The van der Waals surface area contributed by atoms with Gasteiger partial charge in [0.2, 0.25) is 0 Å². The van der Waals surface area contributed by atoms with E-state index in [1.807, 2.05) is 24.3 Å². The molecule has 1 aromatic heterocycles. The Labute approximate surface area is 179 Å². The summed E-state index contributed by atoms with van der Waals surface area (Å²) in [6.07, 6.45) is 2.11. The summed E-state index contributed by atoms with van der Waals surface area (Å²) in [6.45, 7) is 3.96. The van der Waals surface area contributed by atoms with E-state index >= 15 is 0 Å². The Morgan fingerprint density at radius 1 is 1.16 bits per heavy atom. The Kier molecular flexibility index (Phi) is 4.46. The van der Waals surface area contributed by atoms with Crippen LogP contribution in [0.4, 0.5) is 4.39 Å². The van der Waals surface area contributed by atoms with Crippen LogP contribution in [0.2, 0.25) is 0 Å². The van der Waals surface area contributed by atoms with Crippen LogP contribution >= 0.6 is 0 Å². The van der Waals surface area contributed by atoms with Crippen LogP contribution in [0.1, 0.15) is 43.1 Å². The van der Waals surface area contributed by atoms with Crippen molar-refractivity contribution in [3.63, 3.8) is 0 Å². The minimum absolute atomic E-state index is 0.0159. The number of nitrogens with one attached hydrogen (secondary N) is 1. The first-order valence-electron chi connectivity index (χ1n) is 10.4. The summed E-state index contributed by atoms with van der Waals surface area (Å²) in [4.78, 5) is 30.8. The third kappa shape index (κ3) is 3.32. The molecule has 2 aliphatic heterocycles. The zero-order chi connectivity index (χ0) is 21.8. The molecule has 2 aliphatic rings. The van der Waals surface area contributed by atoms with Crippen LogP contribution in [0.5, 0.6) is 0 Å². The number of aromatic amines is 1. The summed E-state index contributed by atoms with van der Waals surface area (Å²) in [6, 6.07) is 13.8. The zero-order valence-electron chi connectivity index (χ0n) is 17.4. The van der Waals surface area contributed by atoms with E-state index < -0.39 is 17.6 Å². The standard InChI is InChI=1S/C25H23FN2O3/c1-25(2)14-15(29)13-21(31-25)24(30)28-12-11-17-16-7-4-6-10-20(16)27-22(17)23(28)18-8-3-5-9-19(18)26/h3-10,13,23,27H,11-12,14H2,1-2H3/t23-/m0/s1. The average Bonchev–Trinajstić information content (AvgIpc) is 3.10. The Morgan fingerprint density at radius 2 is 1.90 bits per heavy atom. The van der Waals surface area contributed by atoms with E-state index in [0.29, 0.717) is 18.5 Å². The number of hydrogen-bond donors (Lipinski definition) is 1. The predicted molar refractivity (Wildman–Crippen MR) is 115 cm³/mol. The van der Waals surface area contributed by atoms with Gasteiger partial charge in [0, 0.05) is 41.2 Å². The summed E-state index contributed by atoms with van der Waals surface area (Å²) in [5.74, 6) is -0.919. The van der Waals surface area contributed by atoms with Crippen molar-refractivity contribution in [3.8, 4) is 0 Å². The van der Waals surface area contributed by atoms with Crippen LogP contribution in [0.25, 0.3) is 10.9 Å². The van der Waals surface area contributed by atoms with Gasteiger partial charge in [-0.15, -0.1) is 0 Å². The fraction of sp³-hybridized carbons (Fsp3) is 0.280. The molecule has 1 N–H and O–H groups in total. The molecule has 2 aromatic carbocycles. The molecule has 0 bridgehead atoms. The number of para-hydroxylation sites is 1. The predicted octanol–water partition coefficient (Wildman–Crippen LogP) is 4.43. The van der Waals surface area contributed by atoms with Gasteiger partial charge in [0.25, 0.3) is 5.91 Å². The number of aromatic nitrogens is 1. The molecule has 0 saturated heterocycles. The SMILES string of the molecule is CC1(C)CC(=O)C=C(C(=O)N2CCc3c([nH]c4ccccc34)[C@@H]2c2ccccc2F)O1. The van der Waals surface area contributed by atoms with Gasteiger partial charge >= 0.3 is 0 Å². The second-order valence-electron chi connectivity index (χ2n) is 8.75. The van der Waals surface area contributed by atoms with Crippen LogP contribution in [0.15, 0.2) is 60.4 Å². The molecule has 6 heteroatoms. The van der Waals surface area contributed by atoms with Gasteiger partial charge in [-0.3, -0.25) is 9.59 Å². The molecule has 0 aliphatic carbocycles. The van der Waals surface area contributed by atoms with Crippen LogP contribution in [-0.2, 0) is 20.7 Å². The number of rotatable bonds is 2. The molecule has 158 valence electrons. The van der Waals surface area contributed by atoms with Crippen molar-refractivity contribution in [1.29, 1.82) is 0 Å². The maximum Gasteiger partial charge on any atom is 0.289 e. The van der Waals surface area contributed by atoms with Crippen molar-refractivity contribution in [1.82, 2.24) is 9.88 Å². The number of carbonyl (C=O) groups excluding carboxylic acids is 2. The summed E-state index contributed by atoms with van der Waals surface area (Å²) in [7, 11) is 0. The molecular weight excluding hydrogens is 395 g/mol. The number of fused-ring (bicyclic) bond motifs is 3. The van der Waals surface area contributed by atoms with E-state index in [4.69, 9.17) is 4.74 Å². The third-order valence-corrected chi connectivity index (χ3v) is 5.98. The van der Waals surface area contributed by atoms with Gasteiger partial charge in [0.05, 0.1) is 0 Å². The van der Waals surface area contributed by atoms with Crippen molar-refractivity contribution < 1.29 is 18.7 Å². The lowest BCUT2D eigenvalue weighted by atomic mass is 9.91. The van der Waals surface area contributed by atoms with E-state index in [2.05, 4.69) is 4.98 Å². The van der Waals surface area contributed by atoms with E-state index in [1.54, 1.807) is 36.9 Å². The highest BCUT2D eigenvalue weighted by atomic mass is 19.1. The van der Waals surface area contributed by atoms with Gasteiger partial charge in [0.1, 0.15) is 17.5 Å². The first-order chi connectivity index (χ1) is 14.8. The molecule has 0 fully saturated rings. The minimum atomic E-state index is -0.758. The molecule has 1 amide bonds. The average molecular weight is 418 g/mol. The normalized spacial score (nSPS) is 20.2. The largest absolute Gasteiger partial charge is 0.481 e. The Hall–Kier alpha value is -3.41. The lowest BCUT2D eigenvalue weighted by Crippen LogP contribution is -2.44. The molecule has 0 unspecified atom stereocenters. The highest BCUT2D eigenvalue weighted by Gasteiger charge is 2.40. The summed E-state index contributed by atoms with van der Waals surface area (Å²) < 4.78 is 20.8. The van der Waals surface area contributed by atoms with E-state index in [0.717, 1.165) is 22.2 Å². The number of nitrogens with zero attached hydrogens (tertiary/aromatic N) is 1. The van der Waals surface area contributed by atoms with E-state index in [1.165, 1.54) is 12.1 Å². The number of benzene rings is 2. The number of allylic oxidation sites excluding steroid dienone is 1. The second kappa shape index (κ2) is 7.08. The number of ketones is 1. The summed E-state index contributed by atoms with van der Waals surface area (Å²) >= 11 is 0. The highest BCUT2D eigenvalue weighted by Crippen LogP contribution is 2.40. The molecule has 3 heterocycles. The number of hydrogen-bond acceptors (Lipinski definition) is 3. The molecule has 3 aromatic rings. The fourth-order valence-corrected chi connectivity index (χ4v) is 4.71. The minimum Gasteiger partial charge on any atom is -0.481 e. The molecule has 0 saturated carbocycles.